The number of rotatable bonds is 11. The topological polar surface area (TPSA) is 41.6 Å². The normalized spacial score (nSPS) is 15.3. The van der Waals surface area contributed by atoms with E-state index in [1.165, 1.54) is 45.3 Å². The van der Waals surface area contributed by atoms with Crippen LogP contribution in [-0.2, 0) is 16.1 Å². The van der Waals surface area contributed by atoms with Crippen molar-refractivity contribution in [2.75, 3.05) is 32.7 Å². The first kappa shape index (κ1) is 18.9. The van der Waals surface area contributed by atoms with Crippen LogP contribution in [0.5, 0.6) is 0 Å². The predicted octanol–water partition coefficient (Wildman–Crippen LogP) is 3.37. The molecule has 2 rings (SSSR count). The number of piperazine rings is 1. The molecule has 0 aliphatic carbocycles. The molecule has 0 aromatic heterocycles. The van der Waals surface area contributed by atoms with E-state index in [0.29, 0.717) is 13.0 Å². The fraction of sp³-hybridized carbons (Fsp3) is 0.650. The number of nitrogens with zero attached hydrogens (tertiary/aromatic N) is 1. The number of carbonyl (C=O) groups is 1. The monoisotopic (exact) mass is 332 g/mol. The molecule has 4 nitrogen and oxygen atoms in total. The second-order valence-electron chi connectivity index (χ2n) is 6.61. The molecule has 4 heteroatoms. The van der Waals surface area contributed by atoms with E-state index in [2.05, 4.69) is 10.2 Å². The van der Waals surface area contributed by atoms with Crippen molar-refractivity contribution in [3.63, 3.8) is 0 Å². The average molecular weight is 332 g/mol. The second-order valence-corrected chi connectivity index (χ2v) is 6.61. The standard InChI is InChI=1S/C20H32N2O2/c23-20(24-18-19-10-6-5-7-11-19)12-8-3-1-2-4-9-15-22-16-13-21-14-17-22/h5-7,10-11,21H,1-4,8-9,12-18H2. The van der Waals surface area contributed by atoms with Crippen LogP contribution in [0, 0.1) is 0 Å². The van der Waals surface area contributed by atoms with Crippen LogP contribution >= 0.6 is 0 Å². The van der Waals surface area contributed by atoms with E-state index in [1.807, 2.05) is 30.3 Å². The quantitative estimate of drug-likeness (QED) is 0.498. The van der Waals surface area contributed by atoms with Crippen molar-refractivity contribution in [1.82, 2.24) is 10.2 Å². The molecule has 1 saturated heterocycles. The Hall–Kier alpha value is -1.39. The van der Waals surface area contributed by atoms with Gasteiger partial charge in [-0.3, -0.25) is 4.79 Å². The minimum Gasteiger partial charge on any atom is -0.461 e. The van der Waals surface area contributed by atoms with Crippen molar-refractivity contribution in [3.05, 3.63) is 35.9 Å². The molecule has 1 aromatic carbocycles. The van der Waals surface area contributed by atoms with Gasteiger partial charge in [0.15, 0.2) is 0 Å². The van der Waals surface area contributed by atoms with Crippen LogP contribution in [0.15, 0.2) is 30.3 Å². The number of esters is 1. The Morgan fingerprint density at radius 3 is 2.38 bits per heavy atom. The second kappa shape index (κ2) is 12.0. The van der Waals surface area contributed by atoms with Crippen molar-refractivity contribution in [3.8, 4) is 0 Å². The molecule has 1 aliphatic rings. The third kappa shape index (κ3) is 8.46. The Kier molecular flexibility index (Phi) is 9.50. The third-order valence-electron chi connectivity index (χ3n) is 4.56. The number of nitrogens with one attached hydrogen (secondary N) is 1. The number of hydrogen-bond acceptors (Lipinski definition) is 4. The van der Waals surface area contributed by atoms with Crippen molar-refractivity contribution in [2.24, 2.45) is 0 Å². The number of benzene rings is 1. The van der Waals surface area contributed by atoms with Crippen molar-refractivity contribution < 1.29 is 9.53 Å². The summed E-state index contributed by atoms with van der Waals surface area (Å²) in [6.45, 7) is 6.32. The summed E-state index contributed by atoms with van der Waals surface area (Å²) in [7, 11) is 0. The molecule has 0 radical (unpaired) electrons. The van der Waals surface area contributed by atoms with Gasteiger partial charge in [-0.25, -0.2) is 0 Å². The van der Waals surface area contributed by atoms with Gasteiger partial charge in [-0.15, -0.1) is 0 Å². The zero-order valence-electron chi connectivity index (χ0n) is 14.8. The Bertz CT molecular complexity index is 444. The molecule has 0 spiro atoms. The molecule has 0 amide bonds. The SMILES string of the molecule is O=C(CCCCCCCCN1CCNCC1)OCc1ccccc1. The van der Waals surface area contributed by atoms with Gasteiger partial charge < -0.3 is 15.0 Å². The highest BCUT2D eigenvalue weighted by atomic mass is 16.5. The summed E-state index contributed by atoms with van der Waals surface area (Å²) in [6, 6.07) is 9.85. The minimum absolute atomic E-state index is 0.0717. The van der Waals surface area contributed by atoms with Crippen LogP contribution in [0.1, 0.15) is 50.5 Å². The molecule has 1 N–H and O–H groups in total. The minimum atomic E-state index is -0.0717. The summed E-state index contributed by atoms with van der Waals surface area (Å²) in [4.78, 5) is 14.2. The molecular formula is C20H32N2O2. The highest BCUT2D eigenvalue weighted by Crippen LogP contribution is 2.09. The van der Waals surface area contributed by atoms with Gasteiger partial charge in [0.25, 0.3) is 0 Å². The van der Waals surface area contributed by atoms with Crippen molar-refractivity contribution in [2.45, 2.75) is 51.6 Å². The van der Waals surface area contributed by atoms with Gasteiger partial charge in [0, 0.05) is 32.6 Å². The molecule has 134 valence electrons. The Morgan fingerprint density at radius 1 is 0.958 bits per heavy atom. The Balaban J connectivity index is 1.37. The van der Waals surface area contributed by atoms with Crippen LogP contribution in [0.4, 0.5) is 0 Å². The summed E-state index contributed by atoms with van der Waals surface area (Å²) >= 11 is 0. The highest BCUT2D eigenvalue weighted by Gasteiger charge is 2.08. The molecule has 1 aliphatic heterocycles. The lowest BCUT2D eigenvalue weighted by Gasteiger charge is -2.27. The molecule has 0 saturated carbocycles. The first-order chi connectivity index (χ1) is 11.8. The van der Waals surface area contributed by atoms with E-state index >= 15 is 0 Å². The van der Waals surface area contributed by atoms with E-state index in [0.717, 1.165) is 31.5 Å². The van der Waals surface area contributed by atoms with Gasteiger partial charge in [0.05, 0.1) is 0 Å². The van der Waals surface area contributed by atoms with Crippen molar-refractivity contribution in [1.29, 1.82) is 0 Å². The summed E-state index contributed by atoms with van der Waals surface area (Å²) in [5, 5.41) is 3.39. The van der Waals surface area contributed by atoms with E-state index in [9.17, 15) is 4.79 Å². The molecule has 0 bridgehead atoms. The molecule has 0 atom stereocenters. The van der Waals surface area contributed by atoms with Crippen LogP contribution in [-0.4, -0.2) is 43.6 Å². The lowest BCUT2D eigenvalue weighted by Crippen LogP contribution is -2.43. The summed E-state index contributed by atoms with van der Waals surface area (Å²) in [5.74, 6) is -0.0717. The maximum atomic E-state index is 11.7. The number of ether oxygens (including phenoxy) is 1. The van der Waals surface area contributed by atoms with Gasteiger partial charge in [-0.05, 0) is 24.9 Å². The number of unbranched alkanes of at least 4 members (excludes halogenated alkanes) is 5. The van der Waals surface area contributed by atoms with Crippen LogP contribution in [0.25, 0.3) is 0 Å². The molecule has 1 fully saturated rings. The molecular weight excluding hydrogens is 300 g/mol. The summed E-state index contributed by atoms with van der Waals surface area (Å²) in [5.41, 5.74) is 1.05. The summed E-state index contributed by atoms with van der Waals surface area (Å²) in [6.07, 6.45) is 7.76. The van der Waals surface area contributed by atoms with E-state index in [4.69, 9.17) is 4.74 Å². The molecule has 0 unspecified atom stereocenters. The van der Waals surface area contributed by atoms with Crippen molar-refractivity contribution >= 4 is 5.97 Å². The molecule has 1 aromatic rings. The van der Waals surface area contributed by atoms with Gasteiger partial charge in [-0.2, -0.15) is 0 Å². The summed E-state index contributed by atoms with van der Waals surface area (Å²) < 4.78 is 5.29. The largest absolute Gasteiger partial charge is 0.461 e. The lowest BCUT2D eigenvalue weighted by molar-refractivity contribution is -0.145. The Morgan fingerprint density at radius 2 is 1.62 bits per heavy atom. The lowest BCUT2D eigenvalue weighted by atomic mass is 10.1. The maximum absolute atomic E-state index is 11.7. The fourth-order valence-electron chi connectivity index (χ4n) is 3.06. The zero-order valence-corrected chi connectivity index (χ0v) is 14.8. The predicted molar refractivity (Wildman–Crippen MR) is 97.9 cm³/mol. The third-order valence-corrected chi connectivity index (χ3v) is 4.56. The van der Waals surface area contributed by atoms with Gasteiger partial charge in [-0.1, -0.05) is 56.0 Å². The maximum Gasteiger partial charge on any atom is 0.306 e. The zero-order chi connectivity index (χ0) is 16.9. The molecule has 1 heterocycles. The number of carbonyl (C=O) groups excluding carboxylic acids is 1. The van der Waals surface area contributed by atoms with Gasteiger partial charge in [0.1, 0.15) is 6.61 Å². The fourth-order valence-corrected chi connectivity index (χ4v) is 3.06. The van der Waals surface area contributed by atoms with E-state index in [1.54, 1.807) is 0 Å². The van der Waals surface area contributed by atoms with E-state index < -0.39 is 0 Å². The van der Waals surface area contributed by atoms with Gasteiger partial charge >= 0.3 is 5.97 Å². The van der Waals surface area contributed by atoms with Crippen LogP contribution < -0.4 is 5.32 Å². The molecule has 24 heavy (non-hydrogen) atoms. The van der Waals surface area contributed by atoms with Crippen LogP contribution in [0.2, 0.25) is 0 Å². The first-order valence-corrected chi connectivity index (χ1v) is 9.47. The first-order valence-electron chi connectivity index (χ1n) is 9.47. The Labute approximate surface area is 146 Å². The van der Waals surface area contributed by atoms with Crippen LogP contribution in [0.3, 0.4) is 0 Å². The highest BCUT2D eigenvalue weighted by molar-refractivity contribution is 5.69. The number of hydrogen-bond donors (Lipinski definition) is 1. The van der Waals surface area contributed by atoms with E-state index in [-0.39, 0.29) is 5.97 Å². The average Bonchev–Trinajstić information content (AvgIpc) is 2.64. The van der Waals surface area contributed by atoms with Gasteiger partial charge in [0.2, 0.25) is 0 Å². The smallest absolute Gasteiger partial charge is 0.306 e.